The predicted molar refractivity (Wildman–Crippen MR) is 77.6 cm³/mol. The van der Waals surface area contributed by atoms with Crippen molar-refractivity contribution in [2.45, 2.75) is 34.1 Å². The molecule has 0 fully saturated rings. The van der Waals surface area contributed by atoms with Gasteiger partial charge >= 0.3 is 0 Å². The van der Waals surface area contributed by atoms with Crippen LogP contribution in [0.1, 0.15) is 50.0 Å². The van der Waals surface area contributed by atoms with Gasteiger partial charge in [0.1, 0.15) is 0 Å². The Bertz CT molecular complexity index is 410. The summed E-state index contributed by atoms with van der Waals surface area (Å²) < 4.78 is 0. The molecular formula is C16H23NO. The number of carbonyl (C=O) groups is 1. The van der Waals surface area contributed by atoms with Crippen molar-refractivity contribution in [2.24, 2.45) is 5.41 Å². The first kappa shape index (κ1) is 14.5. The van der Waals surface area contributed by atoms with Crippen LogP contribution in [0.3, 0.4) is 0 Å². The van der Waals surface area contributed by atoms with Crippen LogP contribution in [-0.2, 0) is 0 Å². The highest BCUT2D eigenvalue weighted by Crippen LogP contribution is 2.17. The highest BCUT2D eigenvalue weighted by Gasteiger charge is 2.05. The number of allylic oxidation sites excluding steroid dienone is 1. The van der Waals surface area contributed by atoms with E-state index in [-0.39, 0.29) is 11.3 Å². The molecule has 1 rings (SSSR count). The van der Waals surface area contributed by atoms with Gasteiger partial charge in [-0.25, -0.2) is 0 Å². The highest BCUT2D eigenvalue weighted by atomic mass is 16.1. The normalized spacial score (nSPS) is 11.8. The summed E-state index contributed by atoms with van der Waals surface area (Å²) in [6.07, 6.45) is 5.21. The molecule has 0 saturated heterocycles. The minimum absolute atomic E-state index is 0.00296. The first-order valence-electron chi connectivity index (χ1n) is 6.50. The lowest BCUT2D eigenvalue weighted by molar-refractivity contribution is 0.0953. The molecule has 1 aromatic carbocycles. The van der Waals surface area contributed by atoms with Crippen LogP contribution >= 0.6 is 0 Å². The van der Waals surface area contributed by atoms with Crippen molar-refractivity contribution in [3.05, 3.63) is 41.5 Å². The smallest absolute Gasteiger partial charge is 0.251 e. The molecule has 1 aromatic rings. The average molecular weight is 245 g/mol. The van der Waals surface area contributed by atoms with E-state index in [0.717, 1.165) is 24.1 Å². The van der Waals surface area contributed by atoms with Gasteiger partial charge in [-0.1, -0.05) is 52.0 Å². The zero-order valence-electron chi connectivity index (χ0n) is 11.8. The van der Waals surface area contributed by atoms with E-state index in [4.69, 9.17) is 0 Å². The SMILES string of the molecule is CCCNC(=O)c1ccc(/C=C/C(C)(C)C)cc1. The summed E-state index contributed by atoms with van der Waals surface area (Å²) in [6, 6.07) is 7.69. The van der Waals surface area contributed by atoms with Crippen molar-refractivity contribution in [1.29, 1.82) is 0 Å². The Morgan fingerprint density at radius 1 is 1.22 bits per heavy atom. The Balaban J connectivity index is 2.68. The standard InChI is InChI=1S/C16H23NO/c1-5-12-17-15(18)14-8-6-13(7-9-14)10-11-16(2,3)4/h6-11H,5,12H2,1-4H3,(H,17,18)/b11-10+. The van der Waals surface area contributed by atoms with Crippen molar-refractivity contribution in [3.8, 4) is 0 Å². The lowest BCUT2D eigenvalue weighted by atomic mass is 9.95. The molecule has 0 atom stereocenters. The lowest BCUT2D eigenvalue weighted by Gasteiger charge is -2.11. The van der Waals surface area contributed by atoms with Crippen LogP contribution in [0.5, 0.6) is 0 Å². The van der Waals surface area contributed by atoms with Crippen LogP contribution in [0, 0.1) is 5.41 Å². The zero-order chi connectivity index (χ0) is 13.6. The van der Waals surface area contributed by atoms with Gasteiger partial charge in [-0.15, -0.1) is 0 Å². The second-order valence-electron chi connectivity index (χ2n) is 5.58. The Labute approximate surface area is 110 Å². The van der Waals surface area contributed by atoms with Gasteiger partial charge in [0.25, 0.3) is 5.91 Å². The number of rotatable bonds is 4. The van der Waals surface area contributed by atoms with Gasteiger partial charge in [-0.05, 0) is 29.5 Å². The molecule has 0 aliphatic rings. The maximum absolute atomic E-state index is 11.7. The number of benzene rings is 1. The topological polar surface area (TPSA) is 29.1 Å². The zero-order valence-corrected chi connectivity index (χ0v) is 11.8. The summed E-state index contributed by atoms with van der Waals surface area (Å²) in [7, 11) is 0. The molecule has 0 spiro atoms. The van der Waals surface area contributed by atoms with Crippen LogP contribution in [0.25, 0.3) is 6.08 Å². The van der Waals surface area contributed by atoms with Crippen LogP contribution in [-0.4, -0.2) is 12.5 Å². The predicted octanol–water partition coefficient (Wildman–Crippen LogP) is 3.89. The third-order valence-corrected chi connectivity index (χ3v) is 2.48. The fourth-order valence-corrected chi connectivity index (χ4v) is 1.43. The number of nitrogens with one attached hydrogen (secondary N) is 1. The molecular weight excluding hydrogens is 222 g/mol. The summed E-state index contributed by atoms with van der Waals surface area (Å²) >= 11 is 0. The van der Waals surface area contributed by atoms with E-state index in [1.165, 1.54) is 0 Å². The quantitative estimate of drug-likeness (QED) is 0.856. The molecule has 0 unspecified atom stereocenters. The van der Waals surface area contributed by atoms with E-state index >= 15 is 0 Å². The van der Waals surface area contributed by atoms with Crippen molar-refractivity contribution in [2.75, 3.05) is 6.54 Å². The molecule has 0 aliphatic heterocycles. The maximum atomic E-state index is 11.7. The second-order valence-corrected chi connectivity index (χ2v) is 5.58. The monoisotopic (exact) mass is 245 g/mol. The van der Waals surface area contributed by atoms with Crippen LogP contribution in [0.4, 0.5) is 0 Å². The van der Waals surface area contributed by atoms with Crippen LogP contribution in [0.15, 0.2) is 30.3 Å². The number of carbonyl (C=O) groups excluding carboxylic acids is 1. The molecule has 2 heteroatoms. The second kappa shape index (κ2) is 6.39. The fraction of sp³-hybridized carbons (Fsp3) is 0.438. The van der Waals surface area contributed by atoms with Crippen LogP contribution < -0.4 is 5.32 Å². The molecule has 0 aromatic heterocycles. The fourth-order valence-electron chi connectivity index (χ4n) is 1.43. The van der Waals surface area contributed by atoms with Gasteiger partial charge in [0, 0.05) is 12.1 Å². The van der Waals surface area contributed by atoms with Gasteiger partial charge in [-0.2, -0.15) is 0 Å². The molecule has 1 amide bonds. The minimum Gasteiger partial charge on any atom is -0.352 e. The summed E-state index contributed by atoms with van der Waals surface area (Å²) in [4.78, 5) is 11.7. The van der Waals surface area contributed by atoms with Crippen molar-refractivity contribution >= 4 is 12.0 Å². The molecule has 18 heavy (non-hydrogen) atoms. The number of amides is 1. The Kier molecular flexibility index (Phi) is 5.14. The van der Waals surface area contributed by atoms with E-state index in [2.05, 4.69) is 38.2 Å². The molecule has 98 valence electrons. The van der Waals surface area contributed by atoms with Crippen molar-refractivity contribution < 1.29 is 4.79 Å². The first-order valence-corrected chi connectivity index (χ1v) is 6.50. The van der Waals surface area contributed by atoms with Gasteiger partial charge in [0.05, 0.1) is 0 Å². The molecule has 0 aliphatic carbocycles. The molecule has 0 heterocycles. The van der Waals surface area contributed by atoms with E-state index < -0.39 is 0 Å². The van der Waals surface area contributed by atoms with Crippen molar-refractivity contribution in [3.63, 3.8) is 0 Å². The summed E-state index contributed by atoms with van der Waals surface area (Å²) in [6.45, 7) is 9.26. The third-order valence-electron chi connectivity index (χ3n) is 2.48. The van der Waals surface area contributed by atoms with Crippen LogP contribution in [0.2, 0.25) is 0 Å². The molecule has 2 nitrogen and oxygen atoms in total. The average Bonchev–Trinajstić information content (AvgIpc) is 2.33. The van der Waals surface area contributed by atoms with Gasteiger partial charge in [0.15, 0.2) is 0 Å². The third kappa shape index (κ3) is 5.17. The van der Waals surface area contributed by atoms with E-state index in [1.807, 2.05) is 31.2 Å². The van der Waals surface area contributed by atoms with Gasteiger partial charge in [0.2, 0.25) is 0 Å². The summed E-state index contributed by atoms with van der Waals surface area (Å²) in [5.74, 6) is 0.00296. The van der Waals surface area contributed by atoms with E-state index in [1.54, 1.807) is 0 Å². The Morgan fingerprint density at radius 3 is 2.33 bits per heavy atom. The van der Waals surface area contributed by atoms with Crippen molar-refractivity contribution in [1.82, 2.24) is 5.32 Å². The lowest BCUT2D eigenvalue weighted by Crippen LogP contribution is -2.23. The largest absolute Gasteiger partial charge is 0.352 e. The molecule has 0 saturated carbocycles. The van der Waals surface area contributed by atoms with E-state index in [0.29, 0.717) is 0 Å². The highest BCUT2D eigenvalue weighted by molar-refractivity contribution is 5.94. The summed E-state index contributed by atoms with van der Waals surface area (Å²) in [5.41, 5.74) is 2.02. The number of hydrogen-bond acceptors (Lipinski definition) is 1. The minimum atomic E-state index is 0.00296. The van der Waals surface area contributed by atoms with Gasteiger partial charge < -0.3 is 5.32 Å². The molecule has 0 radical (unpaired) electrons. The number of hydrogen-bond donors (Lipinski definition) is 1. The summed E-state index contributed by atoms with van der Waals surface area (Å²) in [5, 5.41) is 2.87. The van der Waals surface area contributed by atoms with Gasteiger partial charge in [-0.3, -0.25) is 4.79 Å². The Hall–Kier alpha value is -1.57. The Morgan fingerprint density at radius 2 is 1.83 bits per heavy atom. The maximum Gasteiger partial charge on any atom is 0.251 e. The first-order chi connectivity index (χ1) is 8.42. The molecule has 0 bridgehead atoms. The molecule has 1 N–H and O–H groups in total. The van der Waals surface area contributed by atoms with E-state index in [9.17, 15) is 4.79 Å².